The molecule has 3 aromatic carbocycles. The van der Waals surface area contributed by atoms with Gasteiger partial charge in [0, 0.05) is 16.9 Å². The first-order valence-electron chi connectivity index (χ1n) is 11.4. The van der Waals surface area contributed by atoms with Crippen molar-refractivity contribution in [1.82, 2.24) is 20.1 Å². The summed E-state index contributed by atoms with van der Waals surface area (Å²) < 4.78 is 7.00. The summed E-state index contributed by atoms with van der Waals surface area (Å²) in [5, 5.41) is 15.0. The summed E-state index contributed by atoms with van der Waals surface area (Å²) in [7, 11) is 1.59. The van der Waals surface area contributed by atoms with E-state index in [1.54, 1.807) is 31.4 Å². The first-order chi connectivity index (χ1) is 17.4. The van der Waals surface area contributed by atoms with Gasteiger partial charge in [-0.1, -0.05) is 36.0 Å². The van der Waals surface area contributed by atoms with Crippen molar-refractivity contribution in [2.45, 2.75) is 25.5 Å². The molecule has 0 spiro atoms. The molecule has 36 heavy (non-hydrogen) atoms. The van der Waals surface area contributed by atoms with Crippen LogP contribution in [0.5, 0.6) is 5.75 Å². The Bertz CT molecular complexity index is 1350. The van der Waals surface area contributed by atoms with Crippen LogP contribution in [0.2, 0.25) is 0 Å². The van der Waals surface area contributed by atoms with Crippen molar-refractivity contribution in [3.05, 3.63) is 95.3 Å². The number of thioether (sulfide) groups is 1. The van der Waals surface area contributed by atoms with Crippen LogP contribution in [0.3, 0.4) is 0 Å². The molecule has 184 valence electrons. The highest BCUT2D eigenvalue weighted by atomic mass is 32.2. The second-order valence-electron chi connectivity index (χ2n) is 8.12. The van der Waals surface area contributed by atoms with Crippen LogP contribution in [0.15, 0.2) is 78.0 Å². The molecule has 2 amide bonds. The second kappa shape index (κ2) is 11.5. The van der Waals surface area contributed by atoms with Gasteiger partial charge < -0.3 is 15.4 Å². The summed E-state index contributed by atoms with van der Waals surface area (Å²) in [6.07, 6.45) is 0. The third-order valence-corrected chi connectivity index (χ3v) is 6.53. The van der Waals surface area contributed by atoms with Gasteiger partial charge in [-0.3, -0.25) is 14.2 Å². The maximum absolute atomic E-state index is 12.7. The van der Waals surface area contributed by atoms with E-state index in [9.17, 15) is 9.59 Å². The molecule has 0 unspecified atom stereocenters. The Morgan fingerprint density at radius 1 is 0.944 bits per heavy atom. The molecule has 0 bridgehead atoms. The molecule has 0 atom stereocenters. The number of para-hydroxylation sites is 1. The number of aromatic nitrogens is 3. The molecule has 0 aliphatic heterocycles. The zero-order valence-corrected chi connectivity index (χ0v) is 21.1. The normalized spacial score (nSPS) is 10.6. The lowest BCUT2D eigenvalue weighted by atomic mass is 10.1. The van der Waals surface area contributed by atoms with Crippen LogP contribution < -0.4 is 15.4 Å². The average Bonchev–Trinajstić information content (AvgIpc) is 3.31. The van der Waals surface area contributed by atoms with Crippen LogP contribution in [-0.4, -0.2) is 39.4 Å². The number of ether oxygens (including phenoxy) is 1. The van der Waals surface area contributed by atoms with Gasteiger partial charge in [0.2, 0.25) is 5.91 Å². The topological polar surface area (TPSA) is 98.1 Å². The van der Waals surface area contributed by atoms with Crippen molar-refractivity contribution < 1.29 is 14.3 Å². The lowest BCUT2D eigenvalue weighted by Crippen LogP contribution is -2.24. The van der Waals surface area contributed by atoms with E-state index in [0.29, 0.717) is 22.2 Å². The van der Waals surface area contributed by atoms with Gasteiger partial charge in [0.05, 0.1) is 19.4 Å². The fourth-order valence-corrected chi connectivity index (χ4v) is 4.26. The summed E-state index contributed by atoms with van der Waals surface area (Å²) in [6, 6.07) is 22.4. The number of amides is 2. The van der Waals surface area contributed by atoms with Crippen molar-refractivity contribution in [3.8, 4) is 11.4 Å². The number of carbonyl (C=O) groups excluding carboxylic acids is 2. The van der Waals surface area contributed by atoms with Crippen molar-refractivity contribution in [3.63, 3.8) is 0 Å². The minimum absolute atomic E-state index is 0.145. The zero-order chi connectivity index (χ0) is 25.5. The second-order valence-corrected chi connectivity index (χ2v) is 9.06. The molecule has 4 aromatic rings. The molecular formula is C27H27N5O3S. The van der Waals surface area contributed by atoms with Gasteiger partial charge in [-0.25, -0.2) is 0 Å². The van der Waals surface area contributed by atoms with Gasteiger partial charge in [0.1, 0.15) is 5.75 Å². The van der Waals surface area contributed by atoms with Crippen molar-refractivity contribution in [2.24, 2.45) is 0 Å². The predicted molar refractivity (Wildman–Crippen MR) is 141 cm³/mol. The third-order valence-electron chi connectivity index (χ3n) is 5.60. The highest BCUT2D eigenvalue weighted by molar-refractivity contribution is 7.99. The number of rotatable bonds is 9. The SMILES string of the molecule is COc1ccc(NC(=O)CSc2nnc(CNC(=O)c3ccc(C)c(C)c3)n2-c2ccccc2)cc1. The van der Waals surface area contributed by atoms with Crippen LogP contribution in [0.4, 0.5) is 5.69 Å². The van der Waals surface area contributed by atoms with Gasteiger partial charge in [-0.15, -0.1) is 10.2 Å². The lowest BCUT2D eigenvalue weighted by Gasteiger charge is -2.11. The first kappa shape index (κ1) is 25.0. The fourth-order valence-electron chi connectivity index (χ4n) is 3.49. The van der Waals surface area contributed by atoms with E-state index in [2.05, 4.69) is 20.8 Å². The minimum atomic E-state index is -0.186. The van der Waals surface area contributed by atoms with E-state index in [4.69, 9.17) is 4.74 Å². The van der Waals surface area contributed by atoms with Gasteiger partial charge >= 0.3 is 0 Å². The van der Waals surface area contributed by atoms with Gasteiger partial charge in [-0.05, 0) is 73.5 Å². The average molecular weight is 502 g/mol. The highest BCUT2D eigenvalue weighted by Crippen LogP contribution is 2.23. The molecule has 0 radical (unpaired) electrons. The van der Waals surface area contributed by atoms with Crippen LogP contribution in [0.25, 0.3) is 5.69 Å². The number of hydrogen-bond acceptors (Lipinski definition) is 6. The molecule has 8 nitrogen and oxygen atoms in total. The minimum Gasteiger partial charge on any atom is -0.497 e. The number of hydrogen-bond donors (Lipinski definition) is 2. The van der Waals surface area contributed by atoms with Crippen LogP contribution >= 0.6 is 11.8 Å². The standard InChI is InChI=1S/C27H27N5O3S/c1-18-9-10-20(15-19(18)2)26(34)28-16-24-30-31-27(32(24)22-7-5-4-6-8-22)36-17-25(33)29-21-11-13-23(35-3)14-12-21/h4-15H,16-17H2,1-3H3,(H,28,34)(H,29,33). The molecule has 9 heteroatoms. The Labute approximate surface area is 214 Å². The smallest absolute Gasteiger partial charge is 0.251 e. The van der Waals surface area contributed by atoms with Crippen LogP contribution in [-0.2, 0) is 11.3 Å². The summed E-state index contributed by atoms with van der Waals surface area (Å²) >= 11 is 1.27. The van der Waals surface area contributed by atoms with Gasteiger partial charge in [0.15, 0.2) is 11.0 Å². The van der Waals surface area contributed by atoms with Crippen molar-refractivity contribution >= 4 is 29.3 Å². The number of aryl methyl sites for hydroxylation is 2. The Morgan fingerprint density at radius 2 is 1.69 bits per heavy atom. The number of nitrogens with zero attached hydrogens (tertiary/aromatic N) is 3. The molecule has 2 N–H and O–H groups in total. The number of methoxy groups -OCH3 is 1. The molecule has 1 aromatic heterocycles. The van der Waals surface area contributed by atoms with E-state index in [0.717, 1.165) is 22.6 Å². The van der Waals surface area contributed by atoms with Gasteiger partial charge in [0.25, 0.3) is 5.91 Å². The number of benzene rings is 3. The van der Waals surface area contributed by atoms with E-state index in [-0.39, 0.29) is 24.1 Å². The Morgan fingerprint density at radius 3 is 2.39 bits per heavy atom. The van der Waals surface area contributed by atoms with Crippen molar-refractivity contribution in [2.75, 3.05) is 18.2 Å². The molecule has 0 saturated heterocycles. The molecule has 0 aliphatic rings. The summed E-state index contributed by atoms with van der Waals surface area (Å²) in [5.74, 6) is 1.07. The Kier molecular flexibility index (Phi) is 8.02. The number of nitrogens with one attached hydrogen (secondary N) is 2. The van der Waals surface area contributed by atoms with Crippen molar-refractivity contribution in [1.29, 1.82) is 0 Å². The number of carbonyl (C=O) groups is 2. The fraction of sp³-hybridized carbons (Fsp3) is 0.185. The van der Waals surface area contributed by atoms with Crippen LogP contribution in [0, 0.1) is 13.8 Å². The highest BCUT2D eigenvalue weighted by Gasteiger charge is 2.17. The molecular weight excluding hydrogens is 474 g/mol. The summed E-state index contributed by atoms with van der Waals surface area (Å²) in [4.78, 5) is 25.3. The third kappa shape index (κ3) is 6.11. The maximum atomic E-state index is 12.7. The van der Waals surface area contributed by atoms with E-state index in [1.165, 1.54) is 11.8 Å². The molecule has 1 heterocycles. The molecule has 0 saturated carbocycles. The van der Waals surface area contributed by atoms with E-state index >= 15 is 0 Å². The van der Waals surface area contributed by atoms with E-state index < -0.39 is 0 Å². The number of anilines is 1. The van der Waals surface area contributed by atoms with Crippen LogP contribution in [0.1, 0.15) is 27.3 Å². The summed E-state index contributed by atoms with van der Waals surface area (Å²) in [6.45, 7) is 4.18. The quantitative estimate of drug-likeness (QED) is 0.327. The largest absolute Gasteiger partial charge is 0.497 e. The Balaban J connectivity index is 1.46. The maximum Gasteiger partial charge on any atom is 0.251 e. The molecule has 4 rings (SSSR count). The van der Waals surface area contributed by atoms with E-state index in [1.807, 2.05) is 66.9 Å². The molecule has 0 aliphatic carbocycles. The predicted octanol–water partition coefficient (Wildman–Crippen LogP) is 4.55. The molecule has 0 fully saturated rings. The Hall–Kier alpha value is -4.11. The zero-order valence-electron chi connectivity index (χ0n) is 20.3. The monoisotopic (exact) mass is 501 g/mol. The lowest BCUT2D eigenvalue weighted by molar-refractivity contribution is -0.113. The first-order valence-corrected chi connectivity index (χ1v) is 12.3. The summed E-state index contributed by atoms with van der Waals surface area (Å²) in [5.41, 5.74) is 4.31. The van der Waals surface area contributed by atoms with Gasteiger partial charge in [-0.2, -0.15) is 0 Å².